The molecule has 0 aliphatic heterocycles. The van der Waals surface area contributed by atoms with Crippen LogP contribution in [0.15, 0.2) is 11.6 Å². The molecular weight excluding hydrogens is 487 g/mol. The summed E-state index contributed by atoms with van der Waals surface area (Å²) < 4.78 is 35.4. The summed E-state index contributed by atoms with van der Waals surface area (Å²) >= 11 is -2.40. The molecular formula is C24H46O3SSn. The van der Waals surface area contributed by atoms with Crippen LogP contribution in [0.5, 0.6) is 0 Å². The number of rotatable bonds is 12. The van der Waals surface area contributed by atoms with Crippen molar-refractivity contribution in [2.24, 2.45) is 5.41 Å². The Hall–Kier alpha value is 0.449. The molecule has 1 spiro atoms. The fourth-order valence-electron chi connectivity index (χ4n) is 6.11. The molecule has 0 aromatic rings. The van der Waals surface area contributed by atoms with Crippen molar-refractivity contribution in [3.05, 3.63) is 11.6 Å². The molecule has 2 aliphatic rings. The molecule has 0 radical (unpaired) electrons. The summed E-state index contributed by atoms with van der Waals surface area (Å²) in [6.45, 7) is 9.21. The Morgan fingerprint density at radius 3 is 2.03 bits per heavy atom. The third-order valence-corrected chi connectivity index (χ3v) is 26.3. The Morgan fingerprint density at radius 1 is 1.07 bits per heavy atom. The standard InChI is InChI=1S/C12H19O3S.3C4H9.Sn/c1-10-5-8-12(9-6-10)7-3-4-11(12)15-16(2,13)14;3*1-3-4-2;/h3,5,11H,4,6-9H2,1-2H3;3*1,3-4H2,2H3;/t11-,12?;;;;/m1..../s1. The SMILES string of the molecule is CCC[CH2][Sn]([CH2]CCC)([CH2]CCC)[C@@H]1C[C@@H](OS(C)(=O)=O)C2(CC=C(C)CC2)C1. The van der Waals surface area contributed by atoms with Gasteiger partial charge in [-0.25, -0.2) is 0 Å². The molecule has 0 aromatic heterocycles. The fraction of sp³-hybridized carbons (Fsp3) is 0.917. The summed E-state index contributed by atoms with van der Waals surface area (Å²) in [4.78, 5) is 0. The molecule has 1 fully saturated rings. The van der Waals surface area contributed by atoms with Gasteiger partial charge in [-0.05, 0) is 0 Å². The van der Waals surface area contributed by atoms with Crippen molar-refractivity contribution in [3.63, 3.8) is 0 Å². The molecule has 3 nitrogen and oxygen atoms in total. The second-order valence-corrected chi connectivity index (χ2v) is 26.2. The van der Waals surface area contributed by atoms with Crippen molar-refractivity contribution in [1.29, 1.82) is 0 Å². The van der Waals surface area contributed by atoms with Crippen molar-refractivity contribution < 1.29 is 12.6 Å². The van der Waals surface area contributed by atoms with E-state index in [0.29, 0.717) is 0 Å². The molecule has 5 heteroatoms. The van der Waals surface area contributed by atoms with Crippen LogP contribution in [-0.2, 0) is 14.3 Å². The first-order valence-corrected chi connectivity index (χ1v) is 21.8. The van der Waals surface area contributed by atoms with Gasteiger partial charge < -0.3 is 0 Å². The van der Waals surface area contributed by atoms with Gasteiger partial charge in [-0.1, -0.05) is 0 Å². The van der Waals surface area contributed by atoms with E-state index in [-0.39, 0.29) is 11.5 Å². The molecule has 2 aliphatic carbocycles. The van der Waals surface area contributed by atoms with Gasteiger partial charge in [0.15, 0.2) is 0 Å². The molecule has 170 valence electrons. The van der Waals surface area contributed by atoms with E-state index in [1.807, 2.05) is 0 Å². The third-order valence-electron chi connectivity index (χ3n) is 7.95. The first-order valence-electron chi connectivity index (χ1n) is 12.2. The minimum atomic E-state index is -3.41. The predicted octanol–water partition coefficient (Wildman–Crippen LogP) is 7.46. The molecule has 0 bridgehead atoms. The molecule has 1 saturated carbocycles. The molecule has 0 aromatic carbocycles. The zero-order valence-corrected chi connectivity index (χ0v) is 23.4. The number of unbranched alkanes of at least 4 members (excludes halogenated alkanes) is 3. The first-order chi connectivity index (χ1) is 13.7. The molecule has 0 amide bonds. The van der Waals surface area contributed by atoms with E-state index in [9.17, 15) is 8.42 Å². The van der Waals surface area contributed by atoms with E-state index in [1.54, 1.807) is 0 Å². The topological polar surface area (TPSA) is 43.4 Å². The van der Waals surface area contributed by atoms with Crippen molar-refractivity contribution in [1.82, 2.24) is 0 Å². The van der Waals surface area contributed by atoms with Gasteiger partial charge in [0.1, 0.15) is 0 Å². The Labute approximate surface area is 185 Å². The Balaban J connectivity index is 2.36. The quantitative estimate of drug-likeness (QED) is 0.149. The van der Waals surface area contributed by atoms with Gasteiger partial charge in [-0.2, -0.15) is 0 Å². The van der Waals surface area contributed by atoms with Gasteiger partial charge in [-0.15, -0.1) is 0 Å². The van der Waals surface area contributed by atoms with Crippen molar-refractivity contribution in [2.75, 3.05) is 6.26 Å². The van der Waals surface area contributed by atoms with Crippen LogP contribution in [0.25, 0.3) is 0 Å². The number of hydrogen-bond donors (Lipinski definition) is 0. The van der Waals surface area contributed by atoms with Crippen LogP contribution in [0.1, 0.15) is 98.3 Å². The first kappa shape index (κ1) is 25.7. The van der Waals surface area contributed by atoms with Gasteiger partial charge >= 0.3 is 186 Å². The number of allylic oxidation sites excluding steroid dienone is 2. The summed E-state index contributed by atoms with van der Waals surface area (Å²) in [5.74, 6) is 0. The molecule has 2 rings (SSSR count). The second-order valence-electron chi connectivity index (χ2n) is 10.2. The van der Waals surface area contributed by atoms with Crippen LogP contribution < -0.4 is 0 Å². The van der Waals surface area contributed by atoms with E-state index < -0.39 is 28.5 Å². The van der Waals surface area contributed by atoms with Crippen LogP contribution in [0.2, 0.25) is 17.2 Å². The summed E-state index contributed by atoms with van der Waals surface area (Å²) in [6.07, 6.45) is 17.1. The van der Waals surface area contributed by atoms with Gasteiger partial charge in [0.05, 0.1) is 0 Å². The zero-order chi connectivity index (χ0) is 21.5. The second kappa shape index (κ2) is 11.4. The Morgan fingerprint density at radius 2 is 1.62 bits per heavy atom. The molecule has 0 N–H and O–H groups in total. The van der Waals surface area contributed by atoms with E-state index in [2.05, 4.69) is 33.8 Å². The van der Waals surface area contributed by atoms with Crippen molar-refractivity contribution in [3.8, 4) is 0 Å². The van der Waals surface area contributed by atoms with Gasteiger partial charge in [-0.3, -0.25) is 0 Å². The third kappa shape index (κ3) is 6.97. The maximum absolute atomic E-state index is 12.1. The Kier molecular flexibility index (Phi) is 10.1. The molecule has 0 saturated heterocycles. The normalized spacial score (nSPS) is 28.1. The minimum absolute atomic E-state index is 0.0695. The molecule has 3 atom stereocenters. The average Bonchev–Trinajstić information content (AvgIpc) is 3.01. The van der Waals surface area contributed by atoms with E-state index in [0.717, 1.165) is 29.6 Å². The van der Waals surface area contributed by atoms with Crippen LogP contribution >= 0.6 is 0 Å². The van der Waals surface area contributed by atoms with E-state index in [4.69, 9.17) is 4.18 Å². The van der Waals surface area contributed by atoms with Crippen molar-refractivity contribution >= 4 is 28.5 Å². The van der Waals surface area contributed by atoms with E-state index >= 15 is 0 Å². The maximum atomic E-state index is 12.1. The monoisotopic (exact) mass is 534 g/mol. The van der Waals surface area contributed by atoms with Crippen LogP contribution in [0.3, 0.4) is 0 Å². The van der Waals surface area contributed by atoms with Gasteiger partial charge in [0, 0.05) is 0 Å². The summed E-state index contributed by atoms with van der Waals surface area (Å²) in [6, 6.07) is 0. The molecule has 1 unspecified atom stereocenters. The zero-order valence-electron chi connectivity index (χ0n) is 19.8. The van der Waals surface area contributed by atoms with Crippen LogP contribution in [0, 0.1) is 5.41 Å². The van der Waals surface area contributed by atoms with Crippen molar-refractivity contribution in [2.45, 2.75) is 122 Å². The summed E-state index contributed by atoms with van der Waals surface area (Å²) in [5.41, 5.74) is 1.54. The summed E-state index contributed by atoms with van der Waals surface area (Å²) in [7, 11) is -3.41. The fourth-order valence-corrected chi connectivity index (χ4v) is 25.9. The molecule has 29 heavy (non-hydrogen) atoms. The van der Waals surface area contributed by atoms with Crippen LogP contribution in [0.4, 0.5) is 0 Å². The average molecular weight is 533 g/mol. The summed E-state index contributed by atoms with van der Waals surface area (Å²) in [5, 5.41) is 0. The van der Waals surface area contributed by atoms with Crippen LogP contribution in [-0.4, -0.2) is 39.2 Å². The van der Waals surface area contributed by atoms with Gasteiger partial charge in [0.25, 0.3) is 0 Å². The Bertz CT molecular complexity index is 621. The number of hydrogen-bond acceptors (Lipinski definition) is 3. The van der Waals surface area contributed by atoms with Gasteiger partial charge in [0.2, 0.25) is 0 Å². The predicted molar refractivity (Wildman–Crippen MR) is 128 cm³/mol. The molecule has 0 heterocycles. The van der Waals surface area contributed by atoms with E-state index in [1.165, 1.54) is 70.1 Å².